The van der Waals surface area contributed by atoms with Crippen LogP contribution in [0.3, 0.4) is 0 Å². The second-order valence-electron chi connectivity index (χ2n) is 5.93. The van der Waals surface area contributed by atoms with Crippen molar-refractivity contribution in [2.75, 3.05) is 12.0 Å². The predicted octanol–water partition coefficient (Wildman–Crippen LogP) is 3.34. The lowest BCUT2D eigenvalue weighted by molar-refractivity contribution is -0.118. The Labute approximate surface area is 143 Å². The van der Waals surface area contributed by atoms with E-state index in [0.717, 1.165) is 29.1 Å². The average Bonchev–Trinajstić information content (AvgIpc) is 3.20. The lowest BCUT2D eigenvalue weighted by Crippen LogP contribution is -2.34. The van der Waals surface area contributed by atoms with Crippen molar-refractivity contribution in [2.24, 2.45) is 0 Å². The van der Waals surface area contributed by atoms with E-state index < -0.39 is 0 Å². The molecule has 7 heteroatoms. The monoisotopic (exact) mass is 343 g/mol. The van der Waals surface area contributed by atoms with Crippen LogP contribution in [0.2, 0.25) is 0 Å². The van der Waals surface area contributed by atoms with E-state index in [2.05, 4.69) is 10.1 Å². The van der Waals surface area contributed by atoms with Gasteiger partial charge in [0.1, 0.15) is 11.4 Å². The normalized spacial score (nSPS) is 14.1. The van der Waals surface area contributed by atoms with Gasteiger partial charge in [0.2, 0.25) is 5.91 Å². The summed E-state index contributed by atoms with van der Waals surface area (Å²) in [5.74, 6) is 0.721. The Balaban J connectivity index is 1.63. The maximum atomic E-state index is 12.9. The summed E-state index contributed by atoms with van der Waals surface area (Å²) in [5.41, 5.74) is 2.22. The molecule has 124 valence electrons. The number of amides is 1. The number of aromatic nitrogens is 2. The molecule has 1 aliphatic rings. The Bertz CT molecular complexity index is 898. The molecule has 1 amide bonds. The van der Waals surface area contributed by atoms with E-state index in [1.165, 1.54) is 11.3 Å². The predicted molar refractivity (Wildman–Crippen MR) is 91.6 cm³/mol. The van der Waals surface area contributed by atoms with Gasteiger partial charge in [-0.25, -0.2) is 4.98 Å². The zero-order chi connectivity index (χ0) is 16.7. The first-order valence-electron chi connectivity index (χ1n) is 7.82. The van der Waals surface area contributed by atoms with Gasteiger partial charge in [-0.1, -0.05) is 5.16 Å². The van der Waals surface area contributed by atoms with Gasteiger partial charge in [0.05, 0.1) is 19.2 Å². The third kappa shape index (κ3) is 2.75. The molecule has 1 saturated carbocycles. The smallest absolute Gasteiger partial charge is 0.235 e. The second-order valence-corrected chi connectivity index (χ2v) is 6.77. The summed E-state index contributed by atoms with van der Waals surface area (Å²) in [6.07, 6.45) is 2.24. The molecule has 0 unspecified atom stereocenters. The fourth-order valence-corrected chi connectivity index (χ4v) is 3.59. The van der Waals surface area contributed by atoms with Crippen LogP contribution in [0, 0.1) is 6.92 Å². The first kappa shape index (κ1) is 15.1. The summed E-state index contributed by atoms with van der Waals surface area (Å²) in [5, 5.41) is 7.63. The number of benzene rings is 1. The summed E-state index contributed by atoms with van der Waals surface area (Å²) in [7, 11) is 1.61. The molecule has 0 spiro atoms. The minimum Gasteiger partial charge on any atom is -0.497 e. The molecule has 0 atom stereocenters. The van der Waals surface area contributed by atoms with Crippen LogP contribution >= 0.6 is 11.3 Å². The zero-order valence-electron chi connectivity index (χ0n) is 13.5. The highest BCUT2D eigenvalue weighted by molar-refractivity contribution is 7.14. The Kier molecular flexibility index (Phi) is 3.72. The number of rotatable bonds is 5. The van der Waals surface area contributed by atoms with Crippen molar-refractivity contribution in [3.63, 3.8) is 0 Å². The third-order valence-electron chi connectivity index (χ3n) is 4.06. The molecule has 2 heterocycles. The Morgan fingerprint density at radius 2 is 2.29 bits per heavy atom. The molecule has 2 aromatic heterocycles. The van der Waals surface area contributed by atoms with Crippen molar-refractivity contribution < 1.29 is 14.1 Å². The number of ether oxygens (including phenoxy) is 1. The summed E-state index contributed by atoms with van der Waals surface area (Å²) < 4.78 is 10.6. The number of fused-ring (bicyclic) bond motifs is 1. The van der Waals surface area contributed by atoms with Gasteiger partial charge in [-0.05, 0) is 38.0 Å². The maximum absolute atomic E-state index is 12.9. The van der Waals surface area contributed by atoms with Crippen LogP contribution in [-0.2, 0) is 11.2 Å². The molecular weight excluding hydrogens is 326 g/mol. The van der Waals surface area contributed by atoms with Crippen LogP contribution < -0.4 is 9.64 Å². The van der Waals surface area contributed by atoms with Crippen LogP contribution in [0.1, 0.15) is 24.2 Å². The largest absolute Gasteiger partial charge is 0.497 e. The first-order chi connectivity index (χ1) is 11.7. The van der Waals surface area contributed by atoms with Crippen LogP contribution in [0.5, 0.6) is 5.75 Å². The molecule has 0 saturated heterocycles. The van der Waals surface area contributed by atoms with Gasteiger partial charge in [0.15, 0.2) is 10.7 Å². The fraction of sp³-hybridized carbons (Fsp3) is 0.353. The molecule has 4 rings (SSSR count). The molecule has 0 radical (unpaired) electrons. The van der Waals surface area contributed by atoms with Gasteiger partial charge in [0, 0.05) is 16.8 Å². The Morgan fingerprint density at radius 1 is 1.46 bits per heavy atom. The van der Waals surface area contributed by atoms with E-state index in [9.17, 15) is 4.79 Å². The van der Waals surface area contributed by atoms with E-state index in [4.69, 9.17) is 9.26 Å². The highest BCUT2D eigenvalue weighted by Gasteiger charge is 2.35. The van der Waals surface area contributed by atoms with Crippen molar-refractivity contribution in [1.29, 1.82) is 0 Å². The van der Waals surface area contributed by atoms with Gasteiger partial charge >= 0.3 is 0 Å². The fourth-order valence-electron chi connectivity index (χ4n) is 2.70. The highest BCUT2D eigenvalue weighted by atomic mass is 32.1. The molecule has 3 aromatic rings. The molecule has 1 fully saturated rings. The van der Waals surface area contributed by atoms with Crippen LogP contribution in [0.25, 0.3) is 11.0 Å². The van der Waals surface area contributed by atoms with Crippen molar-refractivity contribution in [3.05, 3.63) is 35.0 Å². The molecule has 0 N–H and O–H groups in total. The van der Waals surface area contributed by atoms with E-state index in [1.807, 2.05) is 29.3 Å². The van der Waals surface area contributed by atoms with Gasteiger partial charge in [0.25, 0.3) is 0 Å². The van der Waals surface area contributed by atoms with Crippen LogP contribution in [0.4, 0.5) is 5.13 Å². The highest BCUT2D eigenvalue weighted by Crippen LogP contribution is 2.34. The molecular formula is C17H17N3O3S. The van der Waals surface area contributed by atoms with E-state index in [-0.39, 0.29) is 18.4 Å². The van der Waals surface area contributed by atoms with Gasteiger partial charge < -0.3 is 9.26 Å². The minimum atomic E-state index is 0.00451. The van der Waals surface area contributed by atoms with Gasteiger partial charge in [-0.15, -0.1) is 11.3 Å². The molecule has 24 heavy (non-hydrogen) atoms. The van der Waals surface area contributed by atoms with E-state index >= 15 is 0 Å². The molecule has 1 aliphatic carbocycles. The number of aryl methyl sites for hydroxylation is 1. The molecule has 6 nitrogen and oxygen atoms in total. The number of carbonyl (C=O) groups is 1. The minimum absolute atomic E-state index is 0.00451. The van der Waals surface area contributed by atoms with Crippen molar-refractivity contribution in [3.8, 4) is 5.75 Å². The summed E-state index contributed by atoms with van der Waals surface area (Å²) in [6.45, 7) is 1.94. The summed E-state index contributed by atoms with van der Waals surface area (Å²) >= 11 is 1.51. The molecule has 0 aliphatic heterocycles. The first-order valence-corrected chi connectivity index (χ1v) is 8.70. The third-order valence-corrected chi connectivity index (χ3v) is 5.02. The Hall–Kier alpha value is -2.41. The molecule has 0 bridgehead atoms. The summed E-state index contributed by atoms with van der Waals surface area (Å²) in [4.78, 5) is 19.2. The second kappa shape index (κ2) is 5.90. The number of hydrogen-bond acceptors (Lipinski definition) is 6. The lowest BCUT2D eigenvalue weighted by Gasteiger charge is -2.18. The van der Waals surface area contributed by atoms with Crippen molar-refractivity contribution in [2.45, 2.75) is 32.2 Å². The van der Waals surface area contributed by atoms with Gasteiger partial charge in [-0.3, -0.25) is 9.69 Å². The lowest BCUT2D eigenvalue weighted by atomic mass is 10.1. The maximum Gasteiger partial charge on any atom is 0.235 e. The number of hydrogen-bond donors (Lipinski definition) is 0. The topological polar surface area (TPSA) is 68.5 Å². The van der Waals surface area contributed by atoms with E-state index in [1.54, 1.807) is 13.2 Å². The van der Waals surface area contributed by atoms with Crippen LogP contribution in [0.15, 0.2) is 28.1 Å². The van der Waals surface area contributed by atoms with Crippen LogP contribution in [-0.4, -0.2) is 29.2 Å². The van der Waals surface area contributed by atoms with Gasteiger partial charge in [-0.2, -0.15) is 0 Å². The number of carbonyl (C=O) groups excluding carboxylic acids is 1. The number of thiazole rings is 1. The Morgan fingerprint density at radius 3 is 2.96 bits per heavy atom. The number of anilines is 1. The standard InChI is InChI=1S/C17H17N3O3S/c1-10-9-24-17(18-10)20(11-3-4-11)16(21)8-14-13-7-12(22-2)5-6-15(13)23-19-14/h5-7,9,11H,3-4,8H2,1-2H3. The SMILES string of the molecule is COc1ccc2onc(CC(=O)N(c3nc(C)cs3)C3CC3)c2c1. The quantitative estimate of drug-likeness (QED) is 0.711. The zero-order valence-corrected chi connectivity index (χ0v) is 14.3. The van der Waals surface area contributed by atoms with E-state index in [0.29, 0.717) is 17.0 Å². The number of nitrogens with zero attached hydrogens (tertiary/aromatic N) is 3. The summed E-state index contributed by atoms with van der Waals surface area (Å²) in [6, 6.07) is 5.73. The van der Waals surface area contributed by atoms with Crippen molar-refractivity contribution in [1.82, 2.24) is 10.1 Å². The number of methoxy groups -OCH3 is 1. The van der Waals surface area contributed by atoms with Crippen molar-refractivity contribution >= 4 is 33.3 Å². The molecule has 1 aromatic carbocycles. The average molecular weight is 343 g/mol.